The highest BCUT2D eigenvalue weighted by Crippen LogP contribution is 2.29. The van der Waals surface area contributed by atoms with Crippen LogP contribution in [0.25, 0.3) is 5.57 Å². The van der Waals surface area contributed by atoms with Crippen molar-refractivity contribution in [3.8, 4) is 0 Å². The minimum Gasteiger partial charge on any atom is -0.348 e. The second kappa shape index (κ2) is 9.43. The number of carbonyl (C=O) groups is 1. The van der Waals surface area contributed by atoms with E-state index in [2.05, 4.69) is 20.5 Å². The third-order valence-corrected chi connectivity index (χ3v) is 5.02. The molecule has 1 aliphatic rings. The van der Waals surface area contributed by atoms with E-state index in [9.17, 15) is 18.0 Å². The SMILES string of the molecule is CCC1=NN=C(c2cnc(/C(C)=C/C(=O)NCc3ccc(C(F)(F)F)cc3)c(Cl)c2)C1. The van der Waals surface area contributed by atoms with Gasteiger partial charge in [0.25, 0.3) is 0 Å². The number of hydrogen-bond acceptors (Lipinski definition) is 4. The molecule has 0 fully saturated rings. The van der Waals surface area contributed by atoms with Gasteiger partial charge in [0.1, 0.15) is 0 Å². The summed E-state index contributed by atoms with van der Waals surface area (Å²) >= 11 is 6.36. The van der Waals surface area contributed by atoms with Crippen LogP contribution < -0.4 is 5.32 Å². The Balaban J connectivity index is 1.62. The van der Waals surface area contributed by atoms with Gasteiger partial charge in [0.2, 0.25) is 5.91 Å². The van der Waals surface area contributed by atoms with Crippen LogP contribution in [0.4, 0.5) is 13.2 Å². The Kier molecular flexibility index (Phi) is 6.90. The molecule has 0 saturated heterocycles. The molecule has 2 aromatic rings. The predicted octanol–water partition coefficient (Wildman–Crippen LogP) is 5.43. The van der Waals surface area contributed by atoms with Gasteiger partial charge in [-0.1, -0.05) is 30.7 Å². The molecule has 0 unspecified atom stereocenters. The lowest BCUT2D eigenvalue weighted by molar-refractivity contribution is -0.137. The number of aromatic nitrogens is 1. The fourth-order valence-electron chi connectivity index (χ4n) is 2.95. The quantitative estimate of drug-likeness (QED) is 0.598. The second-order valence-corrected chi connectivity index (χ2v) is 7.44. The number of hydrogen-bond donors (Lipinski definition) is 1. The Morgan fingerprint density at radius 3 is 2.52 bits per heavy atom. The standard InChI is InChI=1S/C22H20ClF3N4O/c1-3-17-10-19(30-29-17)15-9-18(23)21(28-12-15)13(2)8-20(31)27-11-14-4-6-16(7-5-14)22(24,25)26/h4-9,12H,3,10-11H2,1-2H3,(H,27,31)/b13-8+. The number of rotatable bonds is 6. The summed E-state index contributed by atoms with van der Waals surface area (Å²) in [5.74, 6) is -0.402. The smallest absolute Gasteiger partial charge is 0.348 e. The maximum Gasteiger partial charge on any atom is 0.416 e. The van der Waals surface area contributed by atoms with E-state index in [-0.39, 0.29) is 6.54 Å². The molecule has 0 atom stereocenters. The zero-order chi connectivity index (χ0) is 22.6. The van der Waals surface area contributed by atoms with Crippen LogP contribution in [0.1, 0.15) is 49.1 Å². The van der Waals surface area contributed by atoms with Gasteiger partial charge in [-0.3, -0.25) is 9.78 Å². The molecule has 31 heavy (non-hydrogen) atoms. The second-order valence-electron chi connectivity index (χ2n) is 7.04. The van der Waals surface area contributed by atoms with Crippen LogP contribution in [0.15, 0.2) is 52.8 Å². The molecular weight excluding hydrogens is 429 g/mol. The summed E-state index contributed by atoms with van der Waals surface area (Å²) in [5.41, 5.74) is 3.42. The van der Waals surface area contributed by atoms with Crippen molar-refractivity contribution in [2.75, 3.05) is 0 Å². The van der Waals surface area contributed by atoms with Gasteiger partial charge in [0.15, 0.2) is 0 Å². The van der Waals surface area contributed by atoms with Crippen LogP contribution in [-0.2, 0) is 17.5 Å². The van der Waals surface area contributed by atoms with Crippen molar-refractivity contribution in [2.24, 2.45) is 10.2 Å². The number of amides is 1. The predicted molar refractivity (Wildman–Crippen MR) is 115 cm³/mol. The molecule has 0 spiro atoms. The monoisotopic (exact) mass is 448 g/mol. The normalized spacial score (nSPS) is 14.3. The van der Waals surface area contributed by atoms with Gasteiger partial charge in [-0.2, -0.15) is 23.4 Å². The Morgan fingerprint density at radius 2 is 1.94 bits per heavy atom. The Morgan fingerprint density at radius 1 is 1.23 bits per heavy atom. The van der Waals surface area contributed by atoms with Crippen molar-refractivity contribution in [3.63, 3.8) is 0 Å². The van der Waals surface area contributed by atoms with Crippen LogP contribution in [0.2, 0.25) is 5.02 Å². The first kappa shape index (κ1) is 22.7. The lowest BCUT2D eigenvalue weighted by Crippen LogP contribution is -2.20. The van der Waals surface area contributed by atoms with Gasteiger partial charge in [-0.15, -0.1) is 0 Å². The van der Waals surface area contributed by atoms with E-state index < -0.39 is 17.6 Å². The molecule has 3 rings (SSSR count). The van der Waals surface area contributed by atoms with E-state index in [0.29, 0.717) is 28.3 Å². The number of nitrogens with one attached hydrogen (secondary N) is 1. The fourth-order valence-corrected chi connectivity index (χ4v) is 3.27. The van der Waals surface area contributed by atoms with Crippen LogP contribution in [0.3, 0.4) is 0 Å². The summed E-state index contributed by atoms with van der Waals surface area (Å²) < 4.78 is 37.8. The van der Waals surface area contributed by atoms with Gasteiger partial charge < -0.3 is 5.32 Å². The summed E-state index contributed by atoms with van der Waals surface area (Å²) in [4.78, 5) is 16.6. The van der Waals surface area contributed by atoms with Gasteiger partial charge >= 0.3 is 6.18 Å². The van der Waals surface area contributed by atoms with E-state index in [4.69, 9.17) is 11.6 Å². The van der Waals surface area contributed by atoms with Crippen molar-refractivity contribution in [1.82, 2.24) is 10.3 Å². The third kappa shape index (κ3) is 5.79. The van der Waals surface area contributed by atoms with E-state index >= 15 is 0 Å². The number of halogens is 4. The van der Waals surface area contributed by atoms with Crippen molar-refractivity contribution in [3.05, 3.63) is 70.0 Å². The average molecular weight is 449 g/mol. The number of carbonyl (C=O) groups excluding carboxylic acids is 1. The molecule has 0 aliphatic carbocycles. The molecule has 0 radical (unpaired) electrons. The molecule has 2 heterocycles. The third-order valence-electron chi connectivity index (χ3n) is 4.74. The highest BCUT2D eigenvalue weighted by atomic mass is 35.5. The van der Waals surface area contributed by atoms with E-state index in [1.165, 1.54) is 18.2 Å². The summed E-state index contributed by atoms with van der Waals surface area (Å²) in [6.07, 6.45) is 0.0960. The minimum absolute atomic E-state index is 0.0977. The molecular formula is C22H20ClF3N4O. The van der Waals surface area contributed by atoms with Crippen LogP contribution >= 0.6 is 11.6 Å². The summed E-state index contributed by atoms with van der Waals surface area (Å²) in [6.45, 7) is 3.82. The molecule has 162 valence electrons. The molecule has 1 aromatic heterocycles. The number of allylic oxidation sites excluding steroid dienone is 1. The molecule has 9 heteroatoms. The highest BCUT2D eigenvalue weighted by Gasteiger charge is 2.29. The zero-order valence-electron chi connectivity index (χ0n) is 16.9. The lowest BCUT2D eigenvalue weighted by atomic mass is 10.0. The number of nitrogens with zero attached hydrogens (tertiary/aromatic N) is 3. The van der Waals surface area contributed by atoms with Crippen LogP contribution in [-0.4, -0.2) is 22.3 Å². The Labute approximate surface area is 182 Å². The summed E-state index contributed by atoms with van der Waals surface area (Å²) in [5, 5.41) is 11.3. The molecule has 0 bridgehead atoms. The van der Waals surface area contributed by atoms with Gasteiger partial charge in [0, 0.05) is 36.5 Å². The van der Waals surface area contributed by atoms with Crippen LogP contribution in [0.5, 0.6) is 0 Å². The molecule has 1 aliphatic heterocycles. The van der Waals surface area contributed by atoms with Crippen molar-refractivity contribution in [2.45, 2.75) is 39.4 Å². The lowest BCUT2D eigenvalue weighted by Gasteiger charge is -2.09. The van der Waals surface area contributed by atoms with E-state index in [0.717, 1.165) is 35.5 Å². The fraction of sp³-hybridized carbons (Fsp3) is 0.273. The Bertz CT molecular complexity index is 1070. The summed E-state index contributed by atoms with van der Waals surface area (Å²) in [6, 6.07) is 6.37. The van der Waals surface area contributed by atoms with Gasteiger partial charge in [0.05, 0.1) is 22.0 Å². The van der Waals surface area contributed by atoms with Gasteiger partial charge in [-0.25, -0.2) is 0 Å². The average Bonchev–Trinajstić information content (AvgIpc) is 3.21. The van der Waals surface area contributed by atoms with E-state index in [1.54, 1.807) is 19.2 Å². The molecule has 1 aromatic carbocycles. The number of benzene rings is 1. The highest BCUT2D eigenvalue weighted by molar-refractivity contribution is 6.32. The van der Waals surface area contributed by atoms with E-state index in [1.807, 2.05) is 6.92 Å². The molecule has 5 nitrogen and oxygen atoms in total. The van der Waals surface area contributed by atoms with Crippen molar-refractivity contribution < 1.29 is 18.0 Å². The molecule has 1 N–H and O–H groups in total. The Hall–Kier alpha value is -3.00. The number of pyridine rings is 1. The maximum atomic E-state index is 12.6. The molecule has 1 amide bonds. The van der Waals surface area contributed by atoms with Crippen LogP contribution in [0, 0.1) is 0 Å². The zero-order valence-corrected chi connectivity index (χ0v) is 17.7. The minimum atomic E-state index is -4.39. The maximum absolute atomic E-state index is 12.6. The van der Waals surface area contributed by atoms with Crippen molar-refractivity contribution >= 4 is 34.5 Å². The van der Waals surface area contributed by atoms with Gasteiger partial charge in [-0.05, 0) is 42.7 Å². The largest absolute Gasteiger partial charge is 0.416 e. The summed E-state index contributed by atoms with van der Waals surface area (Å²) in [7, 11) is 0. The first-order valence-corrected chi connectivity index (χ1v) is 9.96. The number of alkyl halides is 3. The molecule has 0 saturated carbocycles. The topological polar surface area (TPSA) is 66.7 Å². The first-order chi connectivity index (χ1) is 14.7. The first-order valence-electron chi connectivity index (χ1n) is 9.58. The van der Waals surface area contributed by atoms with Crippen molar-refractivity contribution in [1.29, 1.82) is 0 Å².